The summed E-state index contributed by atoms with van der Waals surface area (Å²) >= 11 is 3.26. The molecule has 3 N–H and O–H groups in total. The molecule has 0 heterocycles. The third kappa shape index (κ3) is 3.93. The van der Waals surface area contributed by atoms with Crippen LogP contribution in [0.5, 0.6) is 0 Å². The van der Waals surface area contributed by atoms with Gasteiger partial charge in [0.2, 0.25) is 0 Å². The highest BCUT2D eigenvalue weighted by Gasteiger charge is 2.29. The van der Waals surface area contributed by atoms with Gasteiger partial charge < -0.3 is 15.5 Å². The first-order chi connectivity index (χ1) is 10.5. The number of carboxylic acids is 1. The Kier molecular flexibility index (Phi) is 5.30. The van der Waals surface area contributed by atoms with Gasteiger partial charge in [-0.2, -0.15) is 0 Å². The Bertz CT molecular complexity index is 658. The lowest BCUT2D eigenvalue weighted by Crippen LogP contribution is -2.45. The number of aliphatic hydroxyl groups is 1. The van der Waals surface area contributed by atoms with Crippen LogP contribution >= 0.6 is 15.9 Å². The number of nitrogens with one attached hydrogen (secondary N) is 1. The van der Waals surface area contributed by atoms with E-state index in [4.69, 9.17) is 0 Å². The standard InChI is InChI=1S/C16H14BrNO4/c17-12-8-6-11(7-9-12)15(20)18-13(16(21)22)14(19)10-4-2-1-3-5-10/h1-9,13-14,19H,(H,18,20)(H,21,22)/t13-,14+/m1/s1. The molecule has 1 amide bonds. The van der Waals surface area contributed by atoms with E-state index >= 15 is 0 Å². The van der Waals surface area contributed by atoms with E-state index in [1.54, 1.807) is 54.6 Å². The molecule has 6 heteroatoms. The van der Waals surface area contributed by atoms with Crippen molar-refractivity contribution in [2.75, 3.05) is 0 Å². The fraction of sp³-hybridized carbons (Fsp3) is 0.125. The first-order valence-electron chi connectivity index (χ1n) is 6.51. The van der Waals surface area contributed by atoms with Crippen LogP contribution in [-0.2, 0) is 4.79 Å². The van der Waals surface area contributed by atoms with Crippen molar-refractivity contribution in [3.05, 3.63) is 70.2 Å². The van der Waals surface area contributed by atoms with Crippen LogP contribution in [0.25, 0.3) is 0 Å². The lowest BCUT2D eigenvalue weighted by molar-refractivity contribution is -0.142. The molecule has 0 aliphatic rings. The second kappa shape index (κ2) is 7.20. The first kappa shape index (κ1) is 16.2. The summed E-state index contributed by atoms with van der Waals surface area (Å²) in [7, 11) is 0. The number of hydrogen-bond donors (Lipinski definition) is 3. The van der Waals surface area contributed by atoms with Gasteiger partial charge in [-0.05, 0) is 29.8 Å². The second-order valence-corrected chi connectivity index (χ2v) is 5.57. The number of hydrogen-bond acceptors (Lipinski definition) is 3. The highest BCUT2D eigenvalue weighted by molar-refractivity contribution is 9.10. The summed E-state index contributed by atoms with van der Waals surface area (Å²) in [6.07, 6.45) is -1.34. The Hall–Kier alpha value is -2.18. The Morgan fingerprint density at radius 3 is 2.14 bits per heavy atom. The van der Waals surface area contributed by atoms with Crippen molar-refractivity contribution in [1.29, 1.82) is 0 Å². The normalized spacial score (nSPS) is 13.2. The third-order valence-corrected chi connectivity index (χ3v) is 3.64. The van der Waals surface area contributed by atoms with Crippen molar-refractivity contribution in [2.45, 2.75) is 12.1 Å². The van der Waals surface area contributed by atoms with Gasteiger partial charge in [0, 0.05) is 10.0 Å². The van der Waals surface area contributed by atoms with Gasteiger partial charge in [0.1, 0.15) is 6.10 Å². The number of carboxylic acid groups (broad SMARTS) is 1. The third-order valence-electron chi connectivity index (χ3n) is 3.12. The fourth-order valence-corrected chi connectivity index (χ4v) is 2.21. The highest BCUT2D eigenvalue weighted by atomic mass is 79.9. The maximum atomic E-state index is 12.1. The van der Waals surface area contributed by atoms with Crippen molar-refractivity contribution < 1.29 is 19.8 Å². The molecule has 0 aromatic heterocycles. The van der Waals surface area contributed by atoms with Crippen molar-refractivity contribution in [1.82, 2.24) is 5.32 Å². The molecule has 22 heavy (non-hydrogen) atoms. The van der Waals surface area contributed by atoms with Crippen molar-refractivity contribution >= 4 is 27.8 Å². The van der Waals surface area contributed by atoms with Gasteiger partial charge in [-0.1, -0.05) is 46.3 Å². The predicted molar refractivity (Wildman–Crippen MR) is 84.4 cm³/mol. The smallest absolute Gasteiger partial charge is 0.329 e. The van der Waals surface area contributed by atoms with E-state index in [9.17, 15) is 19.8 Å². The molecule has 2 atom stereocenters. The molecule has 0 saturated heterocycles. The summed E-state index contributed by atoms with van der Waals surface area (Å²) in [5, 5.41) is 21.8. The van der Waals surface area contributed by atoms with Gasteiger partial charge in [-0.3, -0.25) is 4.79 Å². The molecule has 0 radical (unpaired) electrons. The van der Waals surface area contributed by atoms with Crippen molar-refractivity contribution in [3.8, 4) is 0 Å². The number of aliphatic carboxylic acids is 1. The summed E-state index contributed by atoms with van der Waals surface area (Å²) in [5.41, 5.74) is 0.737. The average Bonchev–Trinajstić information content (AvgIpc) is 2.53. The van der Waals surface area contributed by atoms with E-state index in [0.717, 1.165) is 4.47 Å². The van der Waals surface area contributed by atoms with Crippen LogP contribution in [0.15, 0.2) is 59.1 Å². The first-order valence-corrected chi connectivity index (χ1v) is 7.30. The molecule has 0 bridgehead atoms. The minimum atomic E-state index is -1.43. The fourth-order valence-electron chi connectivity index (χ4n) is 1.94. The van der Waals surface area contributed by atoms with Crippen LogP contribution in [0.1, 0.15) is 22.0 Å². The number of aliphatic hydroxyl groups excluding tert-OH is 1. The molecule has 0 fully saturated rings. The monoisotopic (exact) mass is 363 g/mol. The van der Waals surface area contributed by atoms with E-state index in [1.807, 2.05) is 0 Å². The molecular formula is C16H14BrNO4. The number of rotatable bonds is 5. The summed E-state index contributed by atoms with van der Waals surface area (Å²) in [6.45, 7) is 0. The van der Waals surface area contributed by atoms with Crippen LogP contribution in [0.2, 0.25) is 0 Å². The lowest BCUT2D eigenvalue weighted by Gasteiger charge is -2.20. The van der Waals surface area contributed by atoms with E-state index in [2.05, 4.69) is 21.2 Å². The zero-order valence-electron chi connectivity index (χ0n) is 11.4. The Morgan fingerprint density at radius 2 is 1.59 bits per heavy atom. The maximum Gasteiger partial charge on any atom is 0.329 e. The summed E-state index contributed by atoms with van der Waals surface area (Å²) in [6, 6.07) is 13.4. The topological polar surface area (TPSA) is 86.6 Å². The highest BCUT2D eigenvalue weighted by Crippen LogP contribution is 2.17. The molecule has 0 aliphatic carbocycles. The zero-order chi connectivity index (χ0) is 16.1. The molecule has 0 aliphatic heterocycles. The van der Waals surface area contributed by atoms with E-state index in [0.29, 0.717) is 11.1 Å². The lowest BCUT2D eigenvalue weighted by atomic mass is 10.0. The summed E-state index contributed by atoms with van der Waals surface area (Å²) in [5.74, 6) is -1.86. The van der Waals surface area contributed by atoms with E-state index in [-0.39, 0.29) is 0 Å². The number of benzene rings is 2. The Balaban J connectivity index is 2.17. The quantitative estimate of drug-likeness (QED) is 0.760. The molecule has 2 aromatic carbocycles. The Labute approximate surface area is 135 Å². The second-order valence-electron chi connectivity index (χ2n) is 4.65. The molecule has 2 rings (SSSR count). The minimum Gasteiger partial charge on any atom is -0.480 e. The van der Waals surface area contributed by atoms with Crippen LogP contribution in [0.3, 0.4) is 0 Å². The molecule has 5 nitrogen and oxygen atoms in total. The largest absolute Gasteiger partial charge is 0.480 e. The van der Waals surface area contributed by atoms with Gasteiger partial charge in [0.05, 0.1) is 0 Å². The molecule has 2 aromatic rings. The van der Waals surface area contributed by atoms with Gasteiger partial charge in [0.15, 0.2) is 6.04 Å². The number of amides is 1. The summed E-state index contributed by atoms with van der Waals surface area (Å²) < 4.78 is 0.808. The average molecular weight is 364 g/mol. The van der Waals surface area contributed by atoms with Crippen LogP contribution < -0.4 is 5.32 Å². The number of carbonyl (C=O) groups is 2. The molecule has 114 valence electrons. The SMILES string of the molecule is O=C(N[C@@H](C(=O)O)[C@@H](O)c1ccccc1)c1ccc(Br)cc1. The molecule has 0 unspecified atom stereocenters. The van der Waals surface area contributed by atoms with Crippen molar-refractivity contribution in [3.63, 3.8) is 0 Å². The molecular weight excluding hydrogens is 350 g/mol. The van der Waals surface area contributed by atoms with Crippen LogP contribution in [-0.4, -0.2) is 28.1 Å². The van der Waals surface area contributed by atoms with E-state index < -0.39 is 24.0 Å². The van der Waals surface area contributed by atoms with Gasteiger partial charge in [-0.25, -0.2) is 4.79 Å². The number of halogens is 1. The van der Waals surface area contributed by atoms with Gasteiger partial charge >= 0.3 is 5.97 Å². The molecule has 0 spiro atoms. The number of carbonyl (C=O) groups excluding carboxylic acids is 1. The maximum absolute atomic E-state index is 12.1. The van der Waals surface area contributed by atoms with Gasteiger partial charge in [-0.15, -0.1) is 0 Å². The minimum absolute atomic E-state index is 0.315. The van der Waals surface area contributed by atoms with Gasteiger partial charge in [0.25, 0.3) is 5.91 Å². The predicted octanol–water partition coefficient (Wildman–Crippen LogP) is 2.37. The summed E-state index contributed by atoms with van der Waals surface area (Å²) in [4.78, 5) is 23.5. The van der Waals surface area contributed by atoms with Crippen LogP contribution in [0.4, 0.5) is 0 Å². The molecule has 0 saturated carbocycles. The Morgan fingerprint density at radius 1 is 1.00 bits per heavy atom. The van der Waals surface area contributed by atoms with Crippen LogP contribution in [0, 0.1) is 0 Å². The van der Waals surface area contributed by atoms with E-state index in [1.165, 1.54) is 0 Å². The van der Waals surface area contributed by atoms with Crippen molar-refractivity contribution in [2.24, 2.45) is 0 Å². The zero-order valence-corrected chi connectivity index (χ0v) is 13.0.